The Morgan fingerprint density at radius 3 is 2.76 bits per heavy atom. The van der Waals surface area contributed by atoms with E-state index in [0.717, 1.165) is 18.6 Å². The third kappa shape index (κ3) is 4.13. The molecule has 2 aromatic carbocycles. The molecule has 1 aromatic heterocycles. The maximum atomic E-state index is 12.4. The molecule has 0 fully saturated rings. The lowest BCUT2D eigenvalue weighted by Gasteiger charge is -2.07. The number of nitro groups is 1. The van der Waals surface area contributed by atoms with Crippen LogP contribution in [0.4, 0.5) is 11.4 Å². The fourth-order valence-electron chi connectivity index (χ4n) is 3.46. The van der Waals surface area contributed by atoms with Gasteiger partial charge in [-0.05, 0) is 73.2 Å². The minimum absolute atomic E-state index is 0.0236. The number of carbonyl (C=O) groups is 1. The largest absolute Gasteiger partial charge is 0.486 e. The predicted octanol–water partition coefficient (Wildman–Crippen LogP) is 4.82. The molecule has 1 N–H and O–H groups in total. The van der Waals surface area contributed by atoms with Crippen molar-refractivity contribution in [3.63, 3.8) is 0 Å². The lowest BCUT2D eigenvalue weighted by molar-refractivity contribution is -0.384. The number of rotatable bonds is 6. The second kappa shape index (κ2) is 7.79. The van der Waals surface area contributed by atoms with Crippen LogP contribution in [0.2, 0.25) is 0 Å². The number of hydrogen-bond acceptors (Lipinski definition) is 5. The lowest BCUT2D eigenvalue weighted by atomic mass is 10.1. The molecule has 0 spiro atoms. The van der Waals surface area contributed by atoms with Crippen LogP contribution in [-0.4, -0.2) is 10.8 Å². The number of aryl methyl sites for hydroxylation is 3. The van der Waals surface area contributed by atoms with Gasteiger partial charge in [0.25, 0.3) is 11.6 Å². The Morgan fingerprint density at radius 2 is 1.97 bits per heavy atom. The first kappa shape index (κ1) is 18.7. The van der Waals surface area contributed by atoms with Gasteiger partial charge in [-0.3, -0.25) is 14.9 Å². The summed E-state index contributed by atoms with van der Waals surface area (Å²) < 4.78 is 11.4. The molecule has 0 saturated heterocycles. The van der Waals surface area contributed by atoms with Crippen LogP contribution in [0.15, 0.2) is 52.9 Å². The second-order valence-electron chi connectivity index (χ2n) is 7.05. The average Bonchev–Trinajstić information content (AvgIpc) is 3.36. The number of nitrogens with one attached hydrogen (secondary N) is 1. The first-order valence-corrected chi connectivity index (χ1v) is 9.39. The molecular formula is C22H20N2O5. The van der Waals surface area contributed by atoms with E-state index in [9.17, 15) is 14.9 Å². The van der Waals surface area contributed by atoms with Crippen molar-refractivity contribution in [2.75, 3.05) is 5.32 Å². The Hall–Kier alpha value is -3.61. The van der Waals surface area contributed by atoms with Gasteiger partial charge in [0, 0.05) is 17.8 Å². The van der Waals surface area contributed by atoms with Gasteiger partial charge in [0.1, 0.15) is 18.1 Å². The quantitative estimate of drug-likeness (QED) is 0.479. The average molecular weight is 392 g/mol. The van der Waals surface area contributed by atoms with E-state index in [1.54, 1.807) is 19.1 Å². The Labute approximate surface area is 167 Å². The van der Waals surface area contributed by atoms with E-state index in [0.29, 0.717) is 17.0 Å². The van der Waals surface area contributed by atoms with Crippen molar-refractivity contribution in [1.82, 2.24) is 0 Å². The normalized spacial score (nSPS) is 12.4. The maximum Gasteiger partial charge on any atom is 0.291 e. The van der Waals surface area contributed by atoms with Gasteiger partial charge in [0.2, 0.25) is 0 Å². The number of non-ortho nitro benzene ring substituents is 1. The molecule has 1 amide bonds. The molecule has 29 heavy (non-hydrogen) atoms. The van der Waals surface area contributed by atoms with Crippen LogP contribution < -0.4 is 10.1 Å². The third-order valence-corrected chi connectivity index (χ3v) is 5.01. The van der Waals surface area contributed by atoms with E-state index in [1.165, 1.54) is 35.7 Å². The van der Waals surface area contributed by atoms with Crippen molar-refractivity contribution in [2.24, 2.45) is 0 Å². The van der Waals surface area contributed by atoms with Gasteiger partial charge in [-0.2, -0.15) is 0 Å². The van der Waals surface area contributed by atoms with Crippen LogP contribution in [0.5, 0.6) is 5.75 Å². The summed E-state index contributed by atoms with van der Waals surface area (Å²) in [5.74, 6) is 1.05. The number of amides is 1. The van der Waals surface area contributed by atoms with E-state index < -0.39 is 10.8 Å². The SMILES string of the molecule is Cc1cc([N+](=O)[O-])ccc1NC(=O)c1ccc(COc2ccc3c(c2)CCC3)o1. The molecule has 3 aromatic rings. The van der Waals surface area contributed by atoms with Crippen molar-refractivity contribution in [2.45, 2.75) is 32.8 Å². The minimum atomic E-state index is -0.474. The Morgan fingerprint density at radius 1 is 1.14 bits per heavy atom. The standard InChI is InChI=1S/C22H20N2O5/c1-14-11-17(24(26)27)6-9-20(14)23-22(25)21-10-8-19(29-21)13-28-18-7-5-15-3-2-4-16(15)12-18/h5-12H,2-4,13H2,1H3,(H,23,25). The van der Waals surface area contributed by atoms with E-state index >= 15 is 0 Å². The zero-order valence-corrected chi connectivity index (χ0v) is 15.9. The van der Waals surface area contributed by atoms with Crippen LogP contribution in [0.3, 0.4) is 0 Å². The van der Waals surface area contributed by atoms with E-state index in [4.69, 9.17) is 9.15 Å². The fraction of sp³-hybridized carbons (Fsp3) is 0.227. The molecule has 0 bridgehead atoms. The highest BCUT2D eigenvalue weighted by Crippen LogP contribution is 2.27. The summed E-state index contributed by atoms with van der Waals surface area (Å²) in [7, 11) is 0. The Kier molecular flexibility index (Phi) is 5.03. The molecule has 4 rings (SSSR count). The summed E-state index contributed by atoms with van der Waals surface area (Å²) in [4.78, 5) is 22.8. The van der Waals surface area contributed by atoms with E-state index in [-0.39, 0.29) is 18.1 Å². The highest BCUT2D eigenvalue weighted by molar-refractivity contribution is 6.02. The fourth-order valence-corrected chi connectivity index (χ4v) is 3.46. The summed E-state index contributed by atoms with van der Waals surface area (Å²) >= 11 is 0. The number of ether oxygens (including phenoxy) is 1. The molecular weight excluding hydrogens is 372 g/mol. The summed E-state index contributed by atoms with van der Waals surface area (Å²) in [5.41, 5.74) is 3.79. The van der Waals surface area contributed by atoms with Gasteiger partial charge in [0.15, 0.2) is 5.76 Å². The number of hydrogen-bond donors (Lipinski definition) is 1. The summed E-state index contributed by atoms with van der Waals surface area (Å²) in [6, 6.07) is 13.7. The van der Waals surface area contributed by atoms with Gasteiger partial charge in [-0.1, -0.05) is 6.07 Å². The Bertz CT molecular complexity index is 1090. The lowest BCUT2D eigenvalue weighted by Crippen LogP contribution is -2.12. The van der Waals surface area contributed by atoms with Gasteiger partial charge in [-0.25, -0.2) is 0 Å². The number of furan rings is 1. The van der Waals surface area contributed by atoms with Crippen molar-refractivity contribution < 1.29 is 18.9 Å². The van der Waals surface area contributed by atoms with Crippen LogP contribution in [-0.2, 0) is 19.4 Å². The molecule has 0 unspecified atom stereocenters. The predicted molar refractivity (Wildman–Crippen MR) is 107 cm³/mol. The molecule has 1 aliphatic carbocycles. The first-order valence-electron chi connectivity index (χ1n) is 9.39. The van der Waals surface area contributed by atoms with Crippen molar-refractivity contribution >= 4 is 17.3 Å². The van der Waals surface area contributed by atoms with Gasteiger partial charge >= 0.3 is 0 Å². The van der Waals surface area contributed by atoms with Gasteiger partial charge in [0.05, 0.1) is 4.92 Å². The number of nitrogens with zero attached hydrogens (tertiary/aromatic N) is 1. The first-order chi connectivity index (χ1) is 14.0. The molecule has 1 aliphatic rings. The number of carbonyl (C=O) groups excluding carboxylic acids is 1. The van der Waals surface area contributed by atoms with Gasteiger partial charge in [-0.15, -0.1) is 0 Å². The number of fused-ring (bicyclic) bond motifs is 1. The zero-order chi connectivity index (χ0) is 20.4. The highest BCUT2D eigenvalue weighted by Gasteiger charge is 2.15. The highest BCUT2D eigenvalue weighted by atomic mass is 16.6. The molecule has 1 heterocycles. The second-order valence-corrected chi connectivity index (χ2v) is 7.05. The van der Waals surface area contributed by atoms with Crippen LogP contribution in [0.25, 0.3) is 0 Å². The molecule has 0 aliphatic heterocycles. The molecule has 0 radical (unpaired) electrons. The summed E-state index contributed by atoms with van der Waals surface area (Å²) in [5, 5.41) is 13.5. The molecule has 7 nitrogen and oxygen atoms in total. The summed E-state index contributed by atoms with van der Waals surface area (Å²) in [6.07, 6.45) is 3.39. The topological polar surface area (TPSA) is 94.6 Å². The summed E-state index contributed by atoms with van der Waals surface area (Å²) in [6.45, 7) is 1.92. The smallest absolute Gasteiger partial charge is 0.291 e. The third-order valence-electron chi connectivity index (χ3n) is 5.01. The monoisotopic (exact) mass is 392 g/mol. The minimum Gasteiger partial charge on any atom is -0.486 e. The molecule has 7 heteroatoms. The number of nitro benzene ring substituents is 1. The molecule has 0 atom stereocenters. The van der Waals surface area contributed by atoms with E-state index in [1.807, 2.05) is 6.07 Å². The number of anilines is 1. The van der Waals surface area contributed by atoms with E-state index in [2.05, 4.69) is 17.4 Å². The number of benzene rings is 2. The van der Waals surface area contributed by atoms with Crippen LogP contribution in [0, 0.1) is 17.0 Å². The van der Waals surface area contributed by atoms with Gasteiger partial charge < -0.3 is 14.5 Å². The Balaban J connectivity index is 1.38. The van der Waals surface area contributed by atoms with Crippen LogP contribution >= 0.6 is 0 Å². The van der Waals surface area contributed by atoms with Crippen LogP contribution in [0.1, 0.15) is 39.4 Å². The molecule has 148 valence electrons. The molecule has 0 saturated carbocycles. The maximum absolute atomic E-state index is 12.4. The van der Waals surface area contributed by atoms with Crippen molar-refractivity contribution in [1.29, 1.82) is 0 Å². The van der Waals surface area contributed by atoms with Crippen molar-refractivity contribution in [3.8, 4) is 5.75 Å². The van der Waals surface area contributed by atoms with Crippen molar-refractivity contribution in [3.05, 3.63) is 86.9 Å². The zero-order valence-electron chi connectivity index (χ0n) is 15.9.